The van der Waals surface area contributed by atoms with E-state index in [1.807, 2.05) is 4.90 Å². The molecule has 13 heteroatoms. The molecule has 1 aromatic rings. The van der Waals surface area contributed by atoms with Gasteiger partial charge in [0.2, 0.25) is 5.78 Å². The van der Waals surface area contributed by atoms with E-state index in [0.717, 1.165) is 0 Å². The number of nitrogens with two attached hydrogens (primary N) is 1. The molecule has 3 aliphatic carbocycles. The van der Waals surface area contributed by atoms with Crippen LogP contribution >= 0.6 is 0 Å². The summed E-state index contributed by atoms with van der Waals surface area (Å²) in [7, 11) is 8.03. The molecule has 1 saturated carbocycles. The number of fused-ring (bicyclic) bond motifs is 3. The van der Waals surface area contributed by atoms with Crippen LogP contribution in [0.3, 0.4) is 0 Å². The number of aliphatic hydroxyl groups excluding tert-OH is 2. The number of hydrogen-bond acceptors (Lipinski definition) is 12. The number of benzene rings is 1. The molecule has 228 valence electrons. The predicted octanol–water partition coefficient (Wildman–Crippen LogP) is 0.0728. The van der Waals surface area contributed by atoms with Gasteiger partial charge < -0.3 is 41.1 Å². The van der Waals surface area contributed by atoms with E-state index >= 15 is 0 Å². The fourth-order valence-electron chi connectivity index (χ4n) is 6.56. The SMILES string of the molecule is COC(=O)CCCNCc1cc(N(C)C)c2c(c1O)C(O)=C1C(=O)C3(O)C(O)=C(C(N)=O)C(=O)C(N(C)C)C3CC1C2. The second kappa shape index (κ2) is 11.4. The Bertz CT molecular complexity index is 1410. The van der Waals surface area contributed by atoms with Crippen molar-refractivity contribution in [3.63, 3.8) is 0 Å². The van der Waals surface area contributed by atoms with Crippen LogP contribution in [0, 0.1) is 11.8 Å². The van der Waals surface area contributed by atoms with Gasteiger partial charge in [-0.05, 0) is 57.5 Å². The van der Waals surface area contributed by atoms with E-state index in [1.165, 1.54) is 12.0 Å². The van der Waals surface area contributed by atoms with Gasteiger partial charge in [0.05, 0.1) is 18.7 Å². The lowest BCUT2D eigenvalue weighted by Crippen LogP contribution is -2.65. The van der Waals surface area contributed by atoms with E-state index in [2.05, 4.69) is 10.1 Å². The molecule has 1 fully saturated rings. The standard InChI is InChI=1S/C29H38N4O9/c1-32(2)17-11-14(12-31-8-6-7-18(34)42-5)23(35)20-15(17)9-13-10-16-22(33(3)4)25(37)21(28(30)40)27(39)29(16,41)26(38)19(13)24(20)36/h11,13,16,22,31,35-36,39,41H,6-10,12H2,1-5H3,(H2,30,40). The molecule has 42 heavy (non-hydrogen) atoms. The zero-order valence-corrected chi connectivity index (χ0v) is 24.4. The van der Waals surface area contributed by atoms with Crippen molar-refractivity contribution in [2.45, 2.75) is 43.9 Å². The van der Waals surface area contributed by atoms with Crippen LogP contribution in [-0.4, -0.2) is 102 Å². The Balaban J connectivity index is 1.81. The number of anilines is 1. The van der Waals surface area contributed by atoms with Gasteiger partial charge in [0.1, 0.15) is 22.8 Å². The number of amides is 1. The van der Waals surface area contributed by atoms with Gasteiger partial charge in [-0.1, -0.05) is 0 Å². The van der Waals surface area contributed by atoms with E-state index in [1.54, 1.807) is 34.3 Å². The van der Waals surface area contributed by atoms with Crippen LogP contribution < -0.4 is 16.0 Å². The molecular weight excluding hydrogens is 548 g/mol. The quantitative estimate of drug-likeness (QED) is 0.129. The summed E-state index contributed by atoms with van der Waals surface area (Å²) in [5.41, 5.74) is 3.36. The minimum atomic E-state index is -2.69. The number of phenolic OH excluding ortho intramolecular Hbond substituents is 1. The number of methoxy groups -OCH3 is 1. The van der Waals surface area contributed by atoms with Crippen molar-refractivity contribution in [3.05, 3.63) is 39.7 Å². The number of likely N-dealkylation sites (N-methyl/N-ethyl adjacent to an activating group) is 1. The van der Waals surface area contributed by atoms with Crippen LogP contribution in [0.25, 0.3) is 5.76 Å². The number of carbonyl (C=O) groups is 4. The van der Waals surface area contributed by atoms with Crippen molar-refractivity contribution in [3.8, 4) is 5.75 Å². The highest BCUT2D eigenvalue weighted by Gasteiger charge is 2.64. The number of nitrogens with one attached hydrogen (secondary N) is 1. The van der Waals surface area contributed by atoms with Crippen molar-refractivity contribution in [2.24, 2.45) is 17.6 Å². The molecular formula is C29H38N4O9. The summed E-state index contributed by atoms with van der Waals surface area (Å²) in [6.07, 6.45) is 0.943. The second-order valence-electron chi connectivity index (χ2n) is 11.5. The molecule has 1 amide bonds. The number of Topliss-reactive ketones (excluding diaryl/α,β-unsaturated/α-hetero) is 2. The number of ketones is 2. The largest absolute Gasteiger partial charge is 0.508 e. The first-order chi connectivity index (χ1) is 19.7. The Kier molecular flexibility index (Phi) is 8.40. The molecule has 0 heterocycles. The lowest BCUT2D eigenvalue weighted by molar-refractivity contribution is -0.153. The highest BCUT2D eigenvalue weighted by molar-refractivity contribution is 6.24. The van der Waals surface area contributed by atoms with Gasteiger partial charge in [0.25, 0.3) is 5.91 Å². The summed E-state index contributed by atoms with van der Waals surface area (Å²) < 4.78 is 4.64. The van der Waals surface area contributed by atoms with Gasteiger partial charge in [-0.15, -0.1) is 0 Å². The number of esters is 1. The molecule has 0 radical (unpaired) electrons. The molecule has 0 aromatic heterocycles. The maximum absolute atomic E-state index is 14.0. The Labute approximate surface area is 243 Å². The number of phenols is 1. The number of nitrogens with zero attached hydrogens (tertiary/aromatic N) is 2. The normalized spacial score (nSPS) is 25.3. The first kappa shape index (κ1) is 31.0. The molecule has 0 bridgehead atoms. The van der Waals surface area contributed by atoms with Crippen LogP contribution in [0.15, 0.2) is 23.0 Å². The van der Waals surface area contributed by atoms with Crippen LogP contribution in [0.4, 0.5) is 5.69 Å². The van der Waals surface area contributed by atoms with Gasteiger partial charge in [0.15, 0.2) is 11.4 Å². The van der Waals surface area contributed by atoms with Gasteiger partial charge in [-0.25, -0.2) is 0 Å². The highest BCUT2D eigenvalue weighted by Crippen LogP contribution is 2.54. The first-order valence-corrected chi connectivity index (χ1v) is 13.7. The highest BCUT2D eigenvalue weighted by atomic mass is 16.5. The minimum Gasteiger partial charge on any atom is -0.508 e. The minimum absolute atomic E-state index is 0.0168. The number of aromatic hydroxyl groups is 1. The van der Waals surface area contributed by atoms with E-state index in [-0.39, 0.29) is 48.7 Å². The molecule has 1 aromatic carbocycles. The van der Waals surface area contributed by atoms with Crippen molar-refractivity contribution in [1.29, 1.82) is 0 Å². The number of carbonyl (C=O) groups excluding carboxylic acids is 4. The summed E-state index contributed by atoms with van der Waals surface area (Å²) in [5.74, 6) is -7.19. The lowest BCUT2D eigenvalue weighted by Gasteiger charge is -2.50. The van der Waals surface area contributed by atoms with Gasteiger partial charge in [-0.2, -0.15) is 0 Å². The predicted molar refractivity (Wildman–Crippen MR) is 152 cm³/mol. The topological polar surface area (TPSA) is 203 Å². The molecule has 3 aliphatic rings. The van der Waals surface area contributed by atoms with Crippen molar-refractivity contribution < 1.29 is 44.3 Å². The molecule has 0 aliphatic heterocycles. The summed E-state index contributed by atoms with van der Waals surface area (Å²) in [5, 5.41) is 48.8. The van der Waals surface area contributed by atoms with E-state index < -0.39 is 58.0 Å². The number of primary amides is 1. The van der Waals surface area contributed by atoms with E-state index in [4.69, 9.17) is 5.73 Å². The van der Waals surface area contributed by atoms with Crippen LogP contribution in [0.5, 0.6) is 5.75 Å². The molecule has 0 saturated heterocycles. The third-order valence-corrected chi connectivity index (χ3v) is 8.54. The van der Waals surface area contributed by atoms with Gasteiger partial charge >= 0.3 is 5.97 Å². The second-order valence-corrected chi connectivity index (χ2v) is 11.5. The van der Waals surface area contributed by atoms with Crippen molar-refractivity contribution in [2.75, 3.05) is 46.7 Å². The van der Waals surface area contributed by atoms with Gasteiger partial charge in [-0.3, -0.25) is 24.1 Å². The summed E-state index contributed by atoms with van der Waals surface area (Å²) in [4.78, 5) is 54.1. The first-order valence-electron chi connectivity index (χ1n) is 13.7. The summed E-state index contributed by atoms with van der Waals surface area (Å²) in [6, 6.07) is 0.637. The van der Waals surface area contributed by atoms with E-state index in [9.17, 15) is 39.6 Å². The average Bonchev–Trinajstić information content (AvgIpc) is 2.90. The Hall–Kier alpha value is -3.94. The van der Waals surface area contributed by atoms with E-state index in [0.29, 0.717) is 29.8 Å². The maximum atomic E-state index is 14.0. The fourth-order valence-corrected chi connectivity index (χ4v) is 6.56. The van der Waals surface area contributed by atoms with Crippen LogP contribution in [-0.2, 0) is 36.9 Å². The molecule has 13 nitrogen and oxygen atoms in total. The summed E-state index contributed by atoms with van der Waals surface area (Å²) in [6.45, 7) is 0.635. The third kappa shape index (κ3) is 4.80. The Morgan fingerprint density at radius 1 is 1.17 bits per heavy atom. The zero-order chi connectivity index (χ0) is 31.3. The number of hydrogen-bond donors (Lipinski definition) is 6. The number of rotatable bonds is 9. The molecule has 4 unspecified atom stereocenters. The van der Waals surface area contributed by atoms with Gasteiger partial charge in [0, 0.05) is 49.8 Å². The molecule has 0 spiro atoms. The number of aliphatic hydroxyl groups is 3. The lowest BCUT2D eigenvalue weighted by atomic mass is 9.57. The smallest absolute Gasteiger partial charge is 0.305 e. The molecule has 4 rings (SSSR count). The van der Waals surface area contributed by atoms with Crippen molar-refractivity contribution in [1.82, 2.24) is 10.2 Å². The molecule has 4 atom stereocenters. The third-order valence-electron chi connectivity index (χ3n) is 8.54. The summed E-state index contributed by atoms with van der Waals surface area (Å²) >= 11 is 0. The maximum Gasteiger partial charge on any atom is 0.305 e. The number of ether oxygens (including phenoxy) is 1. The van der Waals surface area contributed by atoms with Crippen LogP contribution in [0.1, 0.15) is 36.0 Å². The average molecular weight is 587 g/mol. The fraction of sp³-hybridized carbons (Fsp3) is 0.517. The van der Waals surface area contributed by atoms with Crippen LogP contribution in [0.2, 0.25) is 0 Å². The van der Waals surface area contributed by atoms with Crippen molar-refractivity contribution >= 4 is 34.9 Å². The Morgan fingerprint density at radius 2 is 1.83 bits per heavy atom. The zero-order valence-electron chi connectivity index (χ0n) is 24.4. The Morgan fingerprint density at radius 3 is 2.40 bits per heavy atom. The monoisotopic (exact) mass is 586 g/mol. The molecule has 7 N–H and O–H groups in total.